The molecule has 0 N–H and O–H groups in total. The van der Waals surface area contributed by atoms with E-state index in [0.717, 1.165) is 187 Å². The van der Waals surface area contributed by atoms with Crippen molar-refractivity contribution in [2.24, 2.45) is 0 Å². The lowest BCUT2D eigenvalue weighted by Crippen LogP contribution is -1.97. The Bertz CT molecular complexity index is 7810. The van der Waals surface area contributed by atoms with Gasteiger partial charge in [0.05, 0.1) is 57.2 Å². The number of furan rings is 2. The van der Waals surface area contributed by atoms with Crippen LogP contribution >= 0.6 is 11.3 Å². The zero-order valence-electron chi connectivity index (χ0n) is 57.0. The van der Waals surface area contributed by atoms with Crippen LogP contribution in [0.3, 0.4) is 0 Å². The Hall–Kier alpha value is -14.3. The molecule has 0 fully saturated rings. The van der Waals surface area contributed by atoms with E-state index in [9.17, 15) is 0 Å². The van der Waals surface area contributed by atoms with Crippen molar-refractivity contribution in [2.45, 2.75) is 0 Å². The molecule has 0 aliphatic heterocycles. The fourth-order valence-electron chi connectivity index (χ4n) is 16.6. The molecule has 0 aliphatic rings. The third-order valence-corrected chi connectivity index (χ3v) is 22.7. The molecule has 496 valence electrons. The molecule has 0 amide bonds. The Morgan fingerprint density at radius 3 is 1.20 bits per heavy atom. The van der Waals surface area contributed by atoms with Crippen LogP contribution in [0.1, 0.15) is 0 Å². The lowest BCUT2D eigenvalue weighted by atomic mass is 9.97. The first kappa shape index (κ1) is 59.3. The van der Waals surface area contributed by atoms with E-state index in [1.165, 1.54) is 30.9 Å². The van der Waals surface area contributed by atoms with Crippen LogP contribution in [0.2, 0.25) is 0 Å². The van der Waals surface area contributed by atoms with Gasteiger partial charge in [0.15, 0.2) is 22.8 Å². The van der Waals surface area contributed by atoms with E-state index in [-0.39, 0.29) is 0 Å². The van der Waals surface area contributed by atoms with Gasteiger partial charge in [0.25, 0.3) is 0 Å². The van der Waals surface area contributed by atoms with Crippen LogP contribution in [0, 0.1) is 0 Å². The Morgan fingerprint density at radius 2 is 0.645 bits per heavy atom. The van der Waals surface area contributed by atoms with Crippen LogP contribution in [0.4, 0.5) is 0 Å². The van der Waals surface area contributed by atoms with Gasteiger partial charge in [-0.05, 0) is 110 Å². The largest absolute Gasteiger partial charge is 0.455 e. The van der Waals surface area contributed by atoms with Gasteiger partial charge in [0.2, 0.25) is 0 Å². The summed E-state index contributed by atoms with van der Waals surface area (Å²) in [6.45, 7) is 0. The summed E-state index contributed by atoms with van der Waals surface area (Å²) in [7, 11) is 0. The first-order valence-corrected chi connectivity index (χ1v) is 36.7. The average molecular weight is 1380 g/mol. The van der Waals surface area contributed by atoms with Crippen molar-refractivity contribution in [1.29, 1.82) is 0 Å². The molecule has 24 aromatic rings. The first-order chi connectivity index (χ1) is 53.0. The highest BCUT2D eigenvalue weighted by Crippen LogP contribution is 2.44. The molecule has 0 radical (unpaired) electrons. The van der Waals surface area contributed by atoms with Crippen LogP contribution in [-0.2, 0) is 0 Å². The lowest BCUT2D eigenvalue weighted by Gasteiger charge is -2.13. The van der Waals surface area contributed by atoms with Gasteiger partial charge in [0.1, 0.15) is 22.5 Å². The second-order valence-electron chi connectivity index (χ2n) is 27.6. The Morgan fingerprint density at radius 1 is 0.234 bits per heavy atom. The maximum atomic E-state index is 6.34. The fraction of sp³-hybridized carbons (Fsp3) is 0. The van der Waals surface area contributed by atoms with Crippen molar-refractivity contribution in [3.8, 4) is 67.8 Å². The molecule has 9 heterocycles. The van der Waals surface area contributed by atoms with Crippen molar-refractivity contribution in [3.63, 3.8) is 0 Å². The van der Waals surface area contributed by atoms with Crippen molar-refractivity contribution >= 4 is 173 Å². The van der Waals surface area contributed by atoms with E-state index in [0.29, 0.717) is 11.6 Å². The Balaban J connectivity index is 0.000000130. The predicted octanol–water partition coefficient (Wildman–Crippen LogP) is 25.6. The molecule has 15 aromatic carbocycles. The average Bonchev–Trinajstić information content (AvgIpc) is 1.60. The molecule has 0 atom stereocenters. The third kappa shape index (κ3) is 9.31. The zero-order valence-corrected chi connectivity index (χ0v) is 57.8. The normalized spacial score (nSPS) is 12.1. The summed E-state index contributed by atoms with van der Waals surface area (Å²) in [5.41, 5.74) is 19.0. The van der Waals surface area contributed by atoms with Crippen LogP contribution in [0.25, 0.3) is 230 Å². The number of nitrogens with zero attached hydrogens (tertiary/aromatic N) is 8. The highest BCUT2D eigenvalue weighted by Gasteiger charge is 2.23. The number of fused-ring (bicyclic) bond motifs is 27. The fourth-order valence-corrected chi connectivity index (χ4v) is 17.7. The summed E-state index contributed by atoms with van der Waals surface area (Å²) in [5.74, 6) is 1.36. The highest BCUT2D eigenvalue weighted by molar-refractivity contribution is 7.25. The molecular formula is C96H54N8O2S. The van der Waals surface area contributed by atoms with Crippen molar-refractivity contribution in [2.75, 3.05) is 0 Å². The zero-order chi connectivity index (χ0) is 70.0. The van der Waals surface area contributed by atoms with Crippen molar-refractivity contribution in [3.05, 3.63) is 328 Å². The second kappa shape index (κ2) is 23.1. The lowest BCUT2D eigenvalue weighted by molar-refractivity contribution is 0.666. The van der Waals surface area contributed by atoms with E-state index < -0.39 is 0 Å². The van der Waals surface area contributed by atoms with E-state index in [1.807, 2.05) is 47.7 Å². The van der Waals surface area contributed by atoms with Crippen LogP contribution in [-0.4, -0.2) is 38.7 Å². The number of pyridine rings is 2. The second-order valence-corrected chi connectivity index (χ2v) is 28.7. The molecule has 24 rings (SSSR count). The maximum absolute atomic E-state index is 6.34. The Labute approximate surface area is 612 Å². The summed E-state index contributed by atoms with van der Waals surface area (Å²) in [6.07, 6.45) is 4.18. The van der Waals surface area contributed by atoms with Gasteiger partial charge < -0.3 is 8.83 Å². The van der Waals surface area contributed by atoms with E-state index in [2.05, 4.69) is 300 Å². The molecule has 10 nitrogen and oxygen atoms in total. The molecule has 0 saturated carbocycles. The minimum absolute atomic E-state index is 0.677. The van der Waals surface area contributed by atoms with Crippen molar-refractivity contribution in [1.82, 2.24) is 38.7 Å². The monoisotopic (exact) mass is 1380 g/mol. The summed E-state index contributed by atoms with van der Waals surface area (Å²) in [6, 6.07) is 111. The van der Waals surface area contributed by atoms with Gasteiger partial charge in [-0.2, -0.15) is 0 Å². The van der Waals surface area contributed by atoms with Gasteiger partial charge in [-0.1, -0.05) is 249 Å². The molecule has 0 unspecified atom stereocenters. The van der Waals surface area contributed by atoms with E-state index >= 15 is 0 Å². The molecule has 0 saturated heterocycles. The number of aromatic nitrogens is 8. The topological polar surface area (TPSA) is 112 Å². The van der Waals surface area contributed by atoms with Gasteiger partial charge in [0, 0.05) is 96.6 Å². The molecule has 11 heteroatoms. The molecule has 0 aliphatic carbocycles. The molecular weight excluding hydrogens is 1330 g/mol. The number of thiophene rings is 1. The number of benzene rings is 15. The molecule has 9 aromatic heterocycles. The van der Waals surface area contributed by atoms with Gasteiger partial charge in [-0.15, -0.1) is 11.3 Å². The van der Waals surface area contributed by atoms with Gasteiger partial charge in [-0.25, -0.2) is 29.9 Å². The van der Waals surface area contributed by atoms with E-state index in [4.69, 9.17) is 38.7 Å². The van der Waals surface area contributed by atoms with Crippen LogP contribution in [0.5, 0.6) is 0 Å². The smallest absolute Gasteiger partial charge is 0.160 e. The number of para-hydroxylation sites is 2. The summed E-state index contributed by atoms with van der Waals surface area (Å²) < 4.78 is 19.6. The highest BCUT2D eigenvalue weighted by atomic mass is 32.1. The molecule has 107 heavy (non-hydrogen) atoms. The van der Waals surface area contributed by atoms with Crippen LogP contribution in [0.15, 0.2) is 337 Å². The molecule has 0 bridgehead atoms. The van der Waals surface area contributed by atoms with E-state index in [1.54, 1.807) is 0 Å². The van der Waals surface area contributed by atoms with Crippen molar-refractivity contribution < 1.29 is 8.83 Å². The van der Waals surface area contributed by atoms with Gasteiger partial charge in [-0.3, -0.25) is 8.80 Å². The van der Waals surface area contributed by atoms with Gasteiger partial charge >= 0.3 is 0 Å². The number of rotatable bonds is 6. The minimum atomic E-state index is 0.677. The standard InChI is InChI=1S/C49H28N4O.C47H26N4OS/c1-3-15-32-29(11-1)13-9-20-35(32)42-27-43(36-21-10-14-30-12-2-4-16-33(30)36)51-49(50-42)31-23-24-39-40(25-31)34-17-5-6-19-38(34)47-48(39)53-28-45-41(26-46(53)52-47)37-18-7-8-22-44(37)54-45;1-2-10-27(11-3-1)38-25-39(28-19-21-43-37(22-28)32-14-7-9-17-42(32)53-43)49-47(48-38)29-18-20-34-35(23-29)30-12-4-5-15-33(30)45-46(34)51-26-41-36(24-44(51)50-45)31-13-6-8-16-40(31)52-41/h1-28H;1-26H. The minimum Gasteiger partial charge on any atom is -0.455 e. The first-order valence-electron chi connectivity index (χ1n) is 35.9. The third-order valence-electron chi connectivity index (χ3n) is 21.6. The SMILES string of the molecule is c1ccc(-c2cc(-c3ccc4sc5ccccc5c4c3)nc(-c3ccc4c(c3)c3ccccc3c3nc5cc6c(cn5c43)oc3ccccc36)n2)cc1.c1ccc2c(-c3cc(-c4cccc5ccccc45)nc(-c4ccc5c(c4)c4ccccc4c4nc6cc7c(cn6c54)oc4ccccc47)n3)cccc2c1. The maximum Gasteiger partial charge on any atom is 0.160 e. The van der Waals surface area contributed by atoms with Crippen LogP contribution < -0.4 is 0 Å². The molecule has 0 spiro atoms. The summed E-state index contributed by atoms with van der Waals surface area (Å²) in [5, 5.41) is 20.5. The number of hydrogen-bond donors (Lipinski definition) is 0. The predicted molar refractivity (Wildman–Crippen MR) is 442 cm³/mol. The summed E-state index contributed by atoms with van der Waals surface area (Å²) >= 11 is 1.83. The summed E-state index contributed by atoms with van der Waals surface area (Å²) in [4.78, 5) is 31.6. The number of hydrogen-bond acceptors (Lipinski definition) is 9. The number of imidazole rings is 2. The Kier molecular flexibility index (Phi) is 12.8. The quantitative estimate of drug-likeness (QED) is 0.151.